The highest BCUT2D eigenvalue weighted by Gasteiger charge is 2.09. The molecule has 0 atom stereocenters. The summed E-state index contributed by atoms with van der Waals surface area (Å²) in [5.41, 5.74) is 6.33. The number of thiocarbonyl (C=S) groups is 1. The quantitative estimate of drug-likeness (QED) is 0.791. The average molecular weight is 282 g/mol. The molecule has 98 valence electrons. The molecule has 6 heteroatoms. The summed E-state index contributed by atoms with van der Waals surface area (Å²) in [7, 11) is 0. The van der Waals surface area contributed by atoms with Crippen LogP contribution in [0.5, 0.6) is 0 Å². The molecule has 4 nitrogen and oxygen atoms in total. The summed E-state index contributed by atoms with van der Waals surface area (Å²) in [6, 6.07) is 3.82. The smallest absolute Gasteiger partial charge is 0.125 e. The molecule has 0 aliphatic carbocycles. The molecule has 0 aromatic carbocycles. The van der Waals surface area contributed by atoms with Gasteiger partial charge in [0.1, 0.15) is 10.8 Å². The van der Waals surface area contributed by atoms with Gasteiger partial charge in [0.2, 0.25) is 0 Å². The van der Waals surface area contributed by atoms with Gasteiger partial charge in [0.25, 0.3) is 0 Å². The van der Waals surface area contributed by atoms with Crippen molar-refractivity contribution in [1.29, 1.82) is 0 Å². The highest BCUT2D eigenvalue weighted by atomic mass is 32.2. The minimum atomic E-state index is 0.389. The number of hydrogen-bond donors (Lipinski definition) is 2. The molecule has 1 fully saturated rings. The number of hydrogen-bond acceptors (Lipinski definition) is 5. The lowest BCUT2D eigenvalue weighted by Crippen LogP contribution is -2.36. The lowest BCUT2D eigenvalue weighted by molar-refractivity contribution is 0.314. The second-order valence-corrected chi connectivity index (χ2v) is 5.84. The molecule has 3 N–H and O–H groups in total. The van der Waals surface area contributed by atoms with Gasteiger partial charge < -0.3 is 11.1 Å². The Balaban J connectivity index is 1.74. The van der Waals surface area contributed by atoms with Crippen molar-refractivity contribution in [3.05, 3.63) is 23.9 Å². The van der Waals surface area contributed by atoms with Crippen LogP contribution in [0.3, 0.4) is 0 Å². The van der Waals surface area contributed by atoms with Crippen LogP contribution in [-0.4, -0.2) is 52.6 Å². The number of pyridine rings is 1. The van der Waals surface area contributed by atoms with Crippen LogP contribution in [0, 0.1) is 0 Å². The van der Waals surface area contributed by atoms with Gasteiger partial charge in [-0.3, -0.25) is 4.90 Å². The van der Waals surface area contributed by atoms with Crippen molar-refractivity contribution in [2.45, 2.75) is 0 Å². The summed E-state index contributed by atoms with van der Waals surface area (Å²) in [4.78, 5) is 7.15. The number of nitrogens with one attached hydrogen (secondary N) is 1. The Kier molecular flexibility index (Phi) is 5.22. The van der Waals surface area contributed by atoms with E-state index in [1.54, 1.807) is 6.20 Å². The molecule has 0 amide bonds. The van der Waals surface area contributed by atoms with Crippen molar-refractivity contribution in [3.8, 4) is 0 Å². The highest BCUT2D eigenvalue weighted by molar-refractivity contribution is 7.99. The van der Waals surface area contributed by atoms with E-state index < -0.39 is 0 Å². The number of aromatic nitrogens is 1. The molecular formula is C12H18N4S2. The monoisotopic (exact) mass is 282 g/mol. The van der Waals surface area contributed by atoms with E-state index in [2.05, 4.69) is 15.2 Å². The van der Waals surface area contributed by atoms with E-state index in [0.717, 1.165) is 24.5 Å². The molecule has 1 aromatic heterocycles. The second kappa shape index (κ2) is 6.92. The molecule has 18 heavy (non-hydrogen) atoms. The summed E-state index contributed by atoms with van der Waals surface area (Å²) >= 11 is 6.92. The van der Waals surface area contributed by atoms with E-state index in [1.807, 2.05) is 23.9 Å². The van der Waals surface area contributed by atoms with Crippen molar-refractivity contribution in [2.75, 3.05) is 43.0 Å². The summed E-state index contributed by atoms with van der Waals surface area (Å²) < 4.78 is 0. The van der Waals surface area contributed by atoms with Crippen LogP contribution in [0.15, 0.2) is 18.3 Å². The van der Waals surface area contributed by atoms with Crippen LogP contribution >= 0.6 is 24.0 Å². The predicted molar refractivity (Wildman–Crippen MR) is 82.4 cm³/mol. The number of nitrogens with two attached hydrogens (primary N) is 1. The summed E-state index contributed by atoms with van der Waals surface area (Å²) in [5.74, 6) is 3.38. The van der Waals surface area contributed by atoms with Crippen LogP contribution in [0.25, 0.3) is 0 Å². The first-order valence-corrected chi connectivity index (χ1v) is 7.62. The lowest BCUT2D eigenvalue weighted by atomic mass is 10.3. The first-order chi connectivity index (χ1) is 8.75. The van der Waals surface area contributed by atoms with E-state index in [0.29, 0.717) is 4.99 Å². The maximum absolute atomic E-state index is 5.52. The van der Waals surface area contributed by atoms with Crippen LogP contribution in [0.4, 0.5) is 5.82 Å². The van der Waals surface area contributed by atoms with Crippen molar-refractivity contribution in [1.82, 2.24) is 9.88 Å². The van der Waals surface area contributed by atoms with Crippen molar-refractivity contribution in [3.63, 3.8) is 0 Å². The number of anilines is 1. The van der Waals surface area contributed by atoms with Gasteiger partial charge >= 0.3 is 0 Å². The fourth-order valence-electron chi connectivity index (χ4n) is 1.81. The fourth-order valence-corrected chi connectivity index (χ4v) is 2.91. The van der Waals surface area contributed by atoms with Gasteiger partial charge in [0, 0.05) is 49.4 Å². The predicted octanol–water partition coefficient (Wildman–Crippen LogP) is 1.18. The largest absolute Gasteiger partial charge is 0.389 e. The van der Waals surface area contributed by atoms with Crippen molar-refractivity contribution in [2.24, 2.45) is 5.73 Å². The topological polar surface area (TPSA) is 54.2 Å². The normalized spacial score (nSPS) is 16.4. The Bertz CT molecular complexity index is 388. The van der Waals surface area contributed by atoms with Gasteiger partial charge in [-0.2, -0.15) is 11.8 Å². The van der Waals surface area contributed by atoms with Crippen molar-refractivity contribution < 1.29 is 0 Å². The third-order valence-corrected chi connectivity index (χ3v) is 4.06. The Labute approximate surface area is 117 Å². The fraction of sp³-hybridized carbons (Fsp3) is 0.500. The lowest BCUT2D eigenvalue weighted by Gasteiger charge is -2.26. The molecule has 0 spiro atoms. The first kappa shape index (κ1) is 13.6. The molecule has 1 aliphatic rings. The molecule has 2 heterocycles. The first-order valence-electron chi connectivity index (χ1n) is 6.05. The minimum absolute atomic E-state index is 0.389. The summed E-state index contributed by atoms with van der Waals surface area (Å²) in [5, 5.41) is 3.31. The van der Waals surface area contributed by atoms with Crippen LogP contribution in [0.1, 0.15) is 5.56 Å². The van der Waals surface area contributed by atoms with Gasteiger partial charge in [-0.25, -0.2) is 4.98 Å². The van der Waals surface area contributed by atoms with Crippen molar-refractivity contribution >= 4 is 34.8 Å². The zero-order valence-corrected chi connectivity index (χ0v) is 11.9. The van der Waals surface area contributed by atoms with E-state index in [1.165, 1.54) is 24.6 Å². The number of rotatable bonds is 5. The Hall–Kier alpha value is -0.850. The third kappa shape index (κ3) is 4.12. The summed E-state index contributed by atoms with van der Waals surface area (Å²) in [6.07, 6.45) is 1.71. The minimum Gasteiger partial charge on any atom is -0.389 e. The maximum Gasteiger partial charge on any atom is 0.125 e. The van der Waals surface area contributed by atoms with Crippen LogP contribution in [0.2, 0.25) is 0 Å². The number of nitrogens with zero attached hydrogens (tertiary/aromatic N) is 2. The van der Waals surface area contributed by atoms with E-state index in [4.69, 9.17) is 18.0 Å². The second-order valence-electron chi connectivity index (χ2n) is 4.18. The van der Waals surface area contributed by atoms with E-state index in [-0.39, 0.29) is 0 Å². The molecule has 2 rings (SSSR count). The molecule has 0 radical (unpaired) electrons. The molecule has 1 aliphatic heterocycles. The average Bonchev–Trinajstić information content (AvgIpc) is 2.40. The zero-order valence-electron chi connectivity index (χ0n) is 10.3. The third-order valence-electron chi connectivity index (χ3n) is 2.89. The van der Waals surface area contributed by atoms with E-state index >= 15 is 0 Å². The maximum atomic E-state index is 5.52. The molecule has 0 bridgehead atoms. The van der Waals surface area contributed by atoms with Gasteiger partial charge in [0.15, 0.2) is 0 Å². The molecular weight excluding hydrogens is 264 g/mol. The Morgan fingerprint density at radius 1 is 1.44 bits per heavy atom. The van der Waals surface area contributed by atoms with Crippen LogP contribution in [-0.2, 0) is 0 Å². The standard InChI is InChI=1S/C12H18N4S2/c13-12(17)10-1-2-11(15-9-10)14-3-4-16-5-7-18-8-6-16/h1-2,9H,3-8H2,(H2,13,17)(H,14,15). The van der Waals surface area contributed by atoms with E-state index in [9.17, 15) is 0 Å². The molecule has 1 aromatic rings. The van der Waals surface area contributed by atoms with Crippen LogP contribution < -0.4 is 11.1 Å². The molecule has 0 saturated carbocycles. The number of thioether (sulfide) groups is 1. The van der Waals surface area contributed by atoms with Gasteiger partial charge in [0.05, 0.1) is 0 Å². The highest BCUT2D eigenvalue weighted by Crippen LogP contribution is 2.09. The molecule has 1 saturated heterocycles. The SMILES string of the molecule is NC(=S)c1ccc(NCCN2CCSCC2)nc1. The van der Waals surface area contributed by atoms with Gasteiger partial charge in [-0.05, 0) is 12.1 Å². The zero-order chi connectivity index (χ0) is 12.8. The molecule has 0 unspecified atom stereocenters. The van der Waals surface area contributed by atoms with Gasteiger partial charge in [-0.15, -0.1) is 0 Å². The Morgan fingerprint density at radius 2 is 2.22 bits per heavy atom. The van der Waals surface area contributed by atoms with Gasteiger partial charge in [-0.1, -0.05) is 12.2 Å². The Morgan fingerprint density at radius 3 is 2.83 bits per heavy atom. The summed E-state index contributed by atoms with van der Waals surface area (Å²) in [6.45, 7) is 4.38.